The monoisotopic (exact) mass is 455 g/mol. The predicted molar refractivity (Wildman–Crippen MR) is 143 cm³/mol. The molecule has 0 bridgehead atoms. The number of nitrogens with zero attached hydrogens (tertiary/aromatic N) is 1. The molecule has 0 aliphatic heterocycles. The molecule has 33 heavy (non-hydrogen) atoms. The van der Waals surface area contributed by atoms with Crippen molar-refractivity contribution in [1.29, 1.82) is 5.26 Å². The van der Waals surface area contributed by atoms with E-state index in [1.165, 1.54) is 148 Å². The van der Waals surface area contributed by atoms with Gasteiger partial charge in [-0.2, -0.15) is 5.26 Å². The third-order valence-electron chi connectivity index (χ3n) is 10.5. The number of unbranched alkanes of at least 4 members (excludes halogenated alkanes) is 7. The quantitative estimate of drug-likeness (QED) is 0.253. The number of hydrogen-bond donors (Lipinski definition) is 0. The summed E-state index contributed by atoms with van der Waals surface area (Å²) in [7, 11) is 0. The van der Waals surface area contributed by atoms with Crippen molar-refractivity contribution in [2.75, 3.05) is 0 Å². The molecule has 0 aromatic heterocycles. The molecule has 0 unspecified atom stereocenters. The summed E-state index contributed by atoms with van der Waals surface area (Å²) in [6.45, 7) is 4.62. The number of nitriles is 1. The maximum absolute atomic E-state index is 10.3. The average Bonchev–Trinajstić information content (AvgIpc) is 2.87. The molecule has 0 N–H and O–H groups in total. The van der Waals surface area contributed by atoms with Crippen LogP contribution in [0.5, 0.6) is 0 Å². The predicted octanol–water partition coefficient (Wildman–Crippen LogP) is 10.6. The van der Waals surface area contributed by atoms with E-state index in [-0.39, 0.29) is 5.41 Å². The van der Waals surface area contributed by atoms with E-state index in [1.54, 1.807) is 0 Å². The lowest BCUT2D eigenvalue weighted by atomic mass is 9.57. The van der Waals surface area contributed by atoms with Crippen LogP contribution in [0.4, 0.5) is 0 Å². The van der Waals surface area contributed by atoms with Crippen molar-refractivity contribution < 1.29 is 0 Å². The van der Waals surface area contributed by atoms with E-state index in [4.69, 9.17) is 0 Å². The van der Waals surface area contributed by atoms with Gasteiger partial charge < -0.3 is 0 Å². The van der Waals surface area contributed by atoms with E-state index in [0.717, 1.165) is 23.7 Å². The highest BCUT2D eigenvalue weighted by Gasteiger charge is 2.44. The Morgan fingerprint density at radius 3 is 1.55 bits per heavy atom. The molecule has 0 aromatic carbocycles. The Labute approximate surface area is 207 Å². The van der Waals surface area contributed by atoms with E-state index in [9.17, 15) is 5.26 Å². The van der Waals surface area contributed by atoms with E-state index in [2.05, 4.69) is 19.9 Å². The first-order valence-electron chi connectivity index (χ1n) is 15.6. The Kier molecular flexibility index (Phi) is 12.1. The van der Waals surface area contributed by atoms with Gasteiger partial charge in [0, 0.05) is 0 Å². The van der Waals surface area contributed by atoms with E-state index >= 15 is 0 Å². The Hall–Kier alpha value is -0.510. The molecule has 3 fully saturated rings. The second-order valence-corrected chi connectivity index (χ2v) is 12.7. The van der Waals surface area contributed by atoms with Crippen LogP contribution < -0.4 is 0 Å². The lowest BCUT2D eigenvalue weighted by Gasteiger charge is -2.46. The minimum atomic E-state index is 0.0410. The summed E-state index contributed by atoms with van der Waals surface area (Å²) in [6.07, 6.45) is 32.4. The second-order valence-electron chi connectivity index (χ2n) is 12.7. The smallest absolute Gasteiger partial charge is 0.0692 e. The van der Waals surface area contributed by atoms with Crippen LogP contribution in [0.2, 0.25) is 0 Å². The Bertz CT molecular complexity index is 535. The largest absolute Gasteiger partial charge is 0.198 e. The zero-order valence-corrected chi connectivity index (χ0v) is 22.6. The molecule has 0 spiro atoms. The molecule has 0 saturated heterocycles. The molecule has 190 valence electrons. The maximum atomic E-state index is 10.3. The Morgan fingerprint density at radius 2 is 1.03 bits per heavy atom. The second kappa shape index (κ2) is 14.8. The molecule has 1 heteroatoms. The standard InChI is InChI=1S/C32H57N/c1-3-5-7-9-11-13-27-14-18-29(19-15-27)30-22-24-32(26-33,25-23-30)31-20-16-28(17-21-31)12-10-8-6-4-2/h27-31H,3-25H2,1-2H3/t27?,28?,29?,30-,31?,32-. The first-order valence-corrected chi connectivity index (χ1v) is 15.6. The highest BCUT2D eigenvalue weighted by Crippen LogP contribution is 2.52. The van der Waals surface area contributed by atoms with E-state index < -0.39 is 0 Å². The first-order chi connectivity index (χ1) is 16.2. The number of hydrogen-bond acceptors (Lipinski definition) is 1. The summed E-state index contributed by atoms with van der Waals surface area (Å²) in [6, 6.07) is 2.93. The summed E-state index contributed by atoms with van der Waals surface area (Å²) in [5.41, 5.74) is 0.0410. The van der Waals surface area contributed by atoms with Gasteiger partial charge in [-0.25, -0.2) is 0 Å². The molecular weight excluding hydrogens is 398 g/mol. The van der Waals surface area contributed by atoms with Gasteiger partial charge in [-0.3, -0.25) is 0 Å². The van der Waals surface area contributed by atoms with Crippen molar-refractivity contribution in [3.05, 3.63) is 0 Å². The minimum absolute atomic E-state index is 0.0410. The summed E-state index contributed by atoms with van der Waals surface area (Å²) in [5.74, 6) is 4.62. The minimum Gasteiger partial charge on any atom is -0.198 e. The van der Waals surface area contributed by atoms with Crippen LogP contribution in [0.15, 0.2) is 0 Å². The topological polar surface area (TPSA) is 23.8 Å². The van der Waals surface area contributed by atoms with Gasteiger partial charge in [0.1, 0.15) is 0 Å². The third-order valence-corrected chi connectivity index (χ3v) is 10.5. The van der Waals surface area contributed by atoms with E-state index in [0.29, 0.717) is 5.92 Å². The number of rotatable bonds is 13. The van der Waals surface area contributed by atoms with Crippen LogP contribution >= 0.6 is 0 Å². The lowest BCUT2D eigenvalue weighted by Crippen LogP contribution is -2.38. The van der Waals surface area contributed by atoms with Crippen molar-refractivity contribution in [1.82, 2.24) is 0 Å². The van der Waals surface area contributed by atoms with Gasteiger partial charge in [0.05, 0.1) is 11.5 Å². The zero-order valence-electron chi connectivity index (χ0n) is 22.6. The van der Waals surface area contributed by atoms with Crippen LogP contribution in [-0.2, 0) is 0 Å². The van der Waals surface area contributed by atoms with Crippen molar-refractivity contribution in [2.45, 2.75) is 162 Å². The maximum Gasteiger partial charge on any atom is 0.0692 e. The summed E-state index contributed by atoms with van der Waals surface area (Å²) in [4.78, 5) is 0. The molecule has 0 radical (unpaired) electrons. The molecule has 0 heterocycles. The summed E-state index contributed by atoms with van der Waals surface area (Å²) < 4.78 is 0. The zero-order chi connectivity index (χ0) is 23.4. The molecule has 0 aromatic rings. The fourth-order valence-corrected chi connectivity index (χ4v) is 8.09. The van der Waals surface area contributed by atoms with E-state index in [1.807, 2.05) is 0 Å². The highest BCUT2D eigenvalue weighted by atomic mass is 14.5. The lowest BCUT2D eigenvalue weighted by molar-refractivity contribution is 0.0601. The van der Waals surface area contributed by atoms with Gasteiger partial charge in [0.2, 0.25) is 0 Å². The van der Waals surface area contributed by atoms with Crippen LogP contribution in [0.1, 0.15) is 162 Å². The molecule has 0 amide bonds. The fraction of sp³-hybridized carbons (Fsp3) is 0.969. The Morgan fingerprint density at radius 1 is 0.576 bits per heavy atom. The van der Waals surface area contributed by atoms with Gasteiger partial charge in [0.25, 0.3) is 0 Å². The van der Waals surface area contributed by atoms with Gasteiger partial charge >= 0.3 is 0 Å². The molecule has 1 nitrogen and oxygen atoms in total. The highest BCUT2D eigenvalue weighted by molar-refractivity contribution is 5.06. The van der Waals surface area contributed by atoms with Crippen molar-refractivity contribution in [2.24, 2.45) is 35.0 Å². The van der Waals surface area contributed by atoms with Gasteiger partial charge in [0.15, 0.2) is 0 Å². The van der Waals surface area contributed by atoms with Crippen molar-refractivity contribution in [3.63, 3.8) is 0 Å². The summed E-state index contributed by atoms with van der Waals surface area (Å²) in [5, 5.41) is 10.3. The van der Waals surface area contributed by atoms with Gasteiger partial charge in [-0.15, -0.1) is 0 Å². The molecular formula is C32H57N. The van der Waals surface area contributed by atoms with Crippen LogP contribution in [0.25, 0.3) is 0 Å². The molecule has 0 atom stereocenters. The summed E-state index contributed by atoms with van der Waals surface area (Å²) >= 11 is 0. The van der Waals surface area contributed by atoms with Crippen molar-refractivity contribution >= 4 is 0 Å². The van der Waals surface area contributed by atoms with Gasteiger partial charge in [-0.05, 0) is 81.0 Å². The average molecular weight is 456 g/mol. The molecule has 3 aliphatic carbocycles. The Balaban J connectivity index is 1.34. The third kappa shape index (κ3) is 8.29. The first kappa shape index (κ1) is 27.1. The van der Waals surface area contributed by atoms with Crippen LogP contribution in [0.3, 0.4) is 0 Å². The van der Waals surface area contributed by atoms with Crippen molar-refractivity contribution in [3.8, 4) is 6.07 Å². The molecule has 3 aliphatic rings. The SMILES string of the molecule is CCCCCCCC1CCC([C@H]2CC[C@](C#N)(C3CCC(CCCCCC)CC3)CC2)CC1. The van der Waals surface area contributed by atoms with Crippen LogP contribution in [0, 0.1) is 46.3 Å². The van der Waals surface area contributed by atoms with Gasteiger partial charge in [-0.1, -0.05) is 110 Å². The van der Waals surface area contributed by atoms with Crippen LogP contribution in [-0.4, -0.2) is 0 Å². The molecule has 3 rings (SSSR count). The fourth-order valence-electron chi connectivity index (χ4n) is 8.09. The molecule has 3 saturated carbocycles. The normalized spacial score (nSPS) is 35.2.